The molecule has 4 nitrogen and oxygen atoms in total. The molecule has 18 heavy (non-hydrogen) atoms. The van der Waals surface area contributed by atoms with Crippen molar-refractivity contribution < 1.29 is 9.53 Å². The molecule has 0 aliphatic heterocycles. The minimum absolute atomic E-state index is 0.0153. The Labute approximate surface area is 114 Å². The minimum Gasteiger partial charge on any atom is -0.486 e. The van der Waals surface area contributed by atoms with Crippen LogP contribution >= 0.6 is 15.9 Å². The minimum atomic E-state index is -0.0153. The number of hydrogen-bond donors (Lipinski definition) is 0. The van der Waals surface area contributed by atoms with Gasteiger partial charge in [0.2, 0.25) is 0 Å². The van der Waals surface area contributed by atoms with Crippen molar-refractivity contribution in [2.24, 2.45) is 7.05 Å². The van der Waals surface area contributed by atoms with E-state index >= 15 is 0 Å². The maximum Gasteiger partial charge on any atom is 0.163 e. The van der Waals surface area contributed by atoms with Crippen LogP contribution in [-0.2, 0) is 13.7 Å². The fourth-order valence-corrected chi connectivity index (χ4v) is 1.94. The van der Waals surface area contributed by atoms with Crippen molar-refractivity contribution in [3.05, 3.63) is 46.2 Å². The Balaban J connectivity index is 2.17. The van der Waals surface area contributed by atoms with Gasteiger partial charge in [-0.15, -0.1) is 0 Å². The number of aromatic nitrogens is 2. The van der Waals surface area contributed by atoms with Crippen molar-refractivity contribution in [3.8, 4) is 5.75 Å². The summed E-state index contributed by atoms with van der Waals surface area (Å²) >= 11 is 3.36. The zero-order chi connectivity index (χ0) is 13.1. The number of ether oxygens (including phenoxy) is 1. The van der Waals surface area contributed by atoms with Gasteiger partial charge in [0.25, 0.3) is 0 Å². The Morgan fingerprint density at radius 2 is 2.22 bits per heavy atom. The van der Waals surface area contributed by atoms with E-state index in [2.05, 4.69) is 21.0 Å². The fourth-order valence-electron chi connectivity index (χ4n) is 1.60. The van der Waals surface area contributed by atoms with Crippen LogP contribution in [0.15, 0.2) is 34.9 Å². The summed E-state index contributed by atoms with van der Waals surface area (Å²) in [6.07, 6.45) is 1.85. The van der Waals surface area contributed by atoms with Crippen LogP contribution < -0.4 is 4.74 Å². The molecule has 1 aromatic carbocycles. The number of Topliss-reactive ketones (excluding diaryl/α,β-unsaturated/α-hetero) is 1. The van der Waals surface area contributed by atoms with E-state index < -0.39 is 0 Å². The zero-order valence-electron chi connectivity index (χ0n) is 10.2. The van der Waals surface area contributed by atoms with Gasteiger partial charge >= 0.3 is 0 Å². The van der Waals surface area contributed by atoms with Crippen molar-refractivity contribution >= 4 is 21.7 Å². The van der Waals surface area contributed by atoms with Crippen LogP contribution in [0.3, 0.4) is 0 Å². The van der Waals surface area contributed by atoms with Crippen LogP contribution in [0.5, 0.6) is 5.75 Å². The second-order valence-electron chi connectivity index (χ2n) is 3.97. The summed E-state index contributed by atoms with van der Waals surface area (Å²) in [5.41, 5.74) is 1.40. The topological polar surface area (TPSA) is 44.1 Å². The van der Waals surface area contributed by atoms with Crippen LogP contribution in [0.25, 0.3) is 0 Å². The van der Waals surface area contributed by atoms with Crippen LogP contribution in [0.4, 0.5) is 0 Å². The van der Waals surface area contributed by atoms with Crippen molar-refractivity contribution in [2.45, 2.75) is 13.5 Å². The standard InChI is InChI=1S/C13H13BrN2O2/c1-9(17)12-4-3-10(14)7-13(12)18-8-11-5-6-16(2)15-11/h3-7H,8H2,1-2H3. The molecule has 0 fully saturated rings. The molecule has 2 aromatic rings. The summed E-state index contributed by atoms with van der Waals surface area (Å²) in [4.78, 5) is 11.5. The fraction of sp³-hybridized carbons (Fsp3) is 0.231. The van der Waals surface area contributed by atoms with Crippen LogP contribution in [-0.4, -0.2) is 15.6 Å². The third-order valence-corrected chi connectivity index (χ3v) is 2.96. The van der Waals surface area contributed by atoms with Crippen LogP contribution in [0.2, 0.25) is 0 Å². The summed E-state index contributed by atoms with van der Waals surface area (Å²) < 4.78 is 8.24. The smallest absolute Gasteiger partial charge is 0.163 e. The first-order valence-electron chi connectivity index (χ1n) is 5.48. The molecular weight excluding hydrogens is 296 g/mol. The molecule has 0 saturated heterocycles. The normalized spacial score (nSPS) is 10.4. The van der Waals surface area contributed by atoms with Gasteiger partial charge in [0.05, 0.1) is 11.3 Å². The molecule has 5 heteroatoms. The number of benzene rings is 1. The second-order valence-corrected chi connectivity index (χ2v) is 4.88. The number of nitrogens with zero attached hydrogens (tertiary/aromatic N) is 2. The van der Waals surface area contributed by atoms with Crippen molar-refractivity contribution in [2.75, 3.05) is 0 Å². The van der Waals surface area contributed by atoms with E-state index in [1.807, 2.05) is 25.4 Å². The van der Waals surface area contributed by atoms with Crippen molar-refractivity contribution in [1.82, 2.24) is 9.78 Å². The molecule has 0 bridgehead atoms. The van der Waals surface area contributed by atoms with E-state index in [4.69, 9.17) is 4.74 Å². The first-order valence-corrected chi connectivity index (χ1v) is 6.27. The third kappa shape index (κ3) is 2.98. The lowest BCUT2D eigenvalue weighted by molar-refractivity contribution is 0.101. The molecular formula is C13H13BrN2O2. The molecule has 0 radical (unpaired) electrons. The summed E-state index contributed by atoms with van der Waals surface area (Å²) in [5, 5.41) is 4.22. The Morgan fingerprint density at radius 3 is 2.83 bits per heavy atom. The number of aryl methyl sites for hydroxylation is 1. The average molecular weight is 309 g/mol. The van der Waals surface area contributed by atoms with Gasteiger partial charge in [-0.2, -0.15) is 5.10 Å². The van der Waals surface area contributed by atoms with Gasteiger partial charge in [0.1, 0.15) is 12.4 Å². The Bertz CT molecular complexity index is 578. The van der Waals surface area contributed by atoms with E-state index in [0.717, 1.165) is 10.2 Å². The molecule has 0 aliphatic carbocycles. The highest BCUT2D eigenvalue weighted by Gasteiger charge is 2.09. The van der Waals surface area contributed by atoms with E-state index in [9.17, 15) is 4.79 Å². The molecule has 0 amide bonds. The molecule has 0 atom stereocenters. The van der Waals surface area contributed by atoms with Crippen LogP contribution in [0.1, 0.15) is 23.0 Å². The summed E-state index contributed by atoms with van der Waals surface area (Å²) in [5.74, 6) is 0.557. The molecule has 1 heterocycles. The largest absolute Gasteiger partial charge is 0.486 e. The third-order valence-electron chi connectivity index (χ3n) is 2.47. The molecule has 0 aliphatic rings. The first-order chi connectivity index (χ1) is 8.56. The molecule has 1 aromatic heterocycles. The predicted octanol–water partition coefficient (Wildman–Crippen LogP) is 2.96. The SMILES string of the molecule is CC(=O)c1ccc(Br)cc1OCc1ccn(C)n1. The van der Waals surface area contributed by atoms with Gasteiger partial charge in [-0.05, 0) is 31.2 Å². The average Bonchev–Trinajstić information content (AvgIpc) is 2.72. The number of halogens is 1. The molecule has 94 valence electrons. The lowest BCUT2D eigenvalue weighted by Gasteiger charge is -2.09. The van der Waals surface area contributed by atoms with Gasteiger partial charge in [0, 0.05) is 17.7 Å². The Morgan fingerprint density at radius 1 is 1.44 bits per heavy atom. The predicted molar refractivity (Wildman–Crippen MR) is 71.7 cm³/mol. The molecule has 0 saturated carbocycles. The van der Waals surface area contributed by atoms with E-state index in [-0.39, 0.29) is 5.78 Å². The molecule has 0 spiro atoms. The number of hydrogen-bond acceptors (Lipinski definition) is 3. The van der Waals surface area contributed by atoms with Gasteiger partial charge in [-0.3, -0.25) is 9.48 Å². The highest BCUT2D eigenvalue weighted by molar-refractivity contribution is 9.10. The second kappa shape index (κ2) is 5.35. The van der Waals surface area contributed by atoms with Gasteiger partial charge in [-0.25, -0.2) is 0 Å². The van der Waals surface area contributed by atoms with E-state index in [1.165, 1.54) is 6.92 Å². The lowest BCUT2D eigenvalue weighted by Crippen LogP contribution is -2.02. The van der Waals surface area contributed by atoms with E-state index in [0.29, 0.717) is 17.9 Å². The van der Waals surface area contributed by atoms with Crippen molar-refractivity contribution in [1.29, 1.82) is 0 Å². The summed E-state index contributed by atoms with van der Waals surface area (Å²) in [6, 6.07) is 7.25. The molecule has 0 N–H and O–H groups in total. The lowest BCUT2D eigenvalue weighted by atomic mass is 10.1. The number of ketones is 1. The van der Waals surface area contributed by atoms with Gasteiger partial charge in [-0.1, -0.05) is 15.9 Å². The van der Waals surface area contributed by atoms with Gasteiger partial charge in [0.15, 0.2) is 5.78 Å². The monoisotopic (exact) mass is 308 g/mol. The maximum atomic E-state index is 11.5. The number of carbonyl (C=O) groups excluding carboxylic acids is 1. The Kier molecular flexibility index (Phi) is 3.81. The zero-order valence-corrected chi connectivity index (χ0v) is 11.8. The first kappa shape index (κ1) is 12.8. The molecule has 2 rings (SSSR count). The quantitative estimate of drug-likeness (QED) is 0.816. The summed E-state index contributed by atoms with van der Waals surface area (Å²) in [6.45, 7) is 1.87. The summed E-state index contributed by atoms with van der Waals surface area (Å²) in [7, 11) is 1.85. The maximum absolute atomic E-state index is 11.5. The van der Waals surface area contributed by atoms with Crippen LogP contribution in [0, 0.1) is 0 Å². The van der Waals surface area contributed by atoms with Crippen molar-refractivity contribution in [3.63, 3.8) is 0 Å². The van der Waals surface area contributed by atoms with Gasteiger partial charge < -0.3 is 4.74 Å². The highest BCUT2D eigenvalue weighted by Crippen LogP contribution is 2.24. The number of rotatable bonds is 4. The Hall–Kier alpha value is -1.62. The molecule has 0 unspecified atom stereocenters. The van der Waals surface area contributed by atoms with E-state index in [1.54, 1.807) is 16.8 Å². The highest BCUT2D eigenvalue weighted by atomic mass is 79.9. The number of carbonyl (C=O) groups is 1.